The van der Waals surface area contributed by atoms with E-state index in [1.165, 1.54) is 11.8 Å². The second-order valence-corrected chi connectivity index (χ2v) is 5.61. The molecule has 2 nitrogen and oxygen atoms in total. The van der Waals surface area contributed by atoms with Crippen molar-refractivity contribution in [1.82, 2.24) is 4.90 Å². The third kappa shape index (κ3) is 10.3. The summed E-state index contributed by atoms with van der Waals surface area (Å²) >= 11 is 1.41. The van der Waals surface area contributed by atoms with Gasteiger partial charge in [0.2, 0.25) is 0 Å². The minimum atomic E-state index is 0. The Labute approximate surface area is 105 Å². The van der Waals surface area contributed by atoms with Gasteiger partial charge < -0.3 is 4.90 Å². The molecule has 5 heteroatoms. The molecule has 0 aliphatic rings. The van der Waals surface area contributed by atoms with E-state index in [4.69, 9.17) is 0 Å². The first-order valence-electron chi connectivity index (χ1n) is 5.39. The van der Waals surface area contributed by atoms with Crippen LogP contribution in [0.2, 0.25) is 0 Å². The van der Waals surface area contributed by atoms with Crippen molar-refractivity contribution < 1.29 is 9.50 Å². The average molecular weight is 251 g/mol. The van der Waals surface area contributed by atoms with Crippen molar-refractivity contribution in [2.75, 3.05) is 18.8 Å². The summed E-state index contributed by atoms with van der Waals surface area (Å²) in [4.78, 5) is 13.7. The average Bonchev–Trinajstić information content (AvgIpc) is 2.01. The van der Waals surface area contributed by atoms with Crippen molar-refractivity contribution >= 4 is 25.4 Å². The molecule has 0 fully saturated rings. The first-order chi connectivity index (χ1) is 6.47. The summed E-state index contributed by atoms with van der Waals surface area (Å²) in [5, 5.41) is 0.231. The fraction of sp³-hybridized carbons (Fsp3) is 0.909. The van der Waals surface area contributed by atoms with Crippen LogP contribution in [-0.4, -0.2) is 37.4 Å². The van der Waals surface area contributed by atoms with Crippen LogP contribution < -0.4 is 0 Å². The van der Waals surface area contributed by atoms with Crippen LogP contribution in [0.5, 0.6) is 0 Å². The molecule has 0 spiro atoms. The van der Waals surface area contributed by atoms with E-state index in [-0.39, 0.29) is 18.4 Å². The number of hydrogen-bond acceptors (Lipinski definition) is 2. The van der Waals surface area contributed by atoms with Gasteiger partial charge in [0, 0.05) is 13.1 Å². The molecule has 1 amide bonds. The van der Waals surface area contributed by atoms with Gasteiger partial charge in [0.15, 0.2) is 0 Å². The van der Waals surface area contributed by atoms with Crippen LogP contribution in [0.1, 0.15) is 34.6 Å². The molecule has 0 aromatic heterocycles. The Balaban J connectivity index is -0.000000845. The SMILES string of the molecule is B.CCSC(=O)N(CC(C)C)CC(C)C.F. The summed E-state index contributed by atoms with van der Waals surface area (Å²) in [7, 11) is 0. The lowest BCUT2D eigenvalue weighted by atomic mass is 10.1. The van der Waals surface area contributed by atoms with Crippen molar-refractivity contribution in [3.8, 4) is 0 Å². The molecule has 0 unspecified atom stereocenters. The lowest BCUT2D eigenvalue weighted by molar-refractivity contribution is 0.208. The third-order valence-corrected chi connectivity index (χ3v) is 2.49. The van der Waals surface area contributed by atoms with Gasteiger partial charge in [0.05, 0.1) is 8.41 Å². The monoisotopic (exact) mass is 251 g/mol. The Morgan fingerprint density at radius 3 is 1.75 bits per heavy atom. The van der Waals surface area contributed by atoms with E-state index in [0.717, 1.165) is 18.8 Å². The van der Waals surface area contributed by atoms with Gasteiger partial charge in [-0.05, 0) is 17.6 Å². The van der Waals surface area contributed by atoms with Crippen LogP contribution in [0.4, 0.5) is 9.50 Å². The summed E-state index contributed by atoms with van der Waals surface area (Å²) in [6.45, 7) is 12.4. The van der Waals surface area contributed by atoms with Crippen molar-refractivity contribution in [2.24, 2.45) is 11.8 Å². The van der Waals surface area contributed by atoms with Crippen molar-refractivity contribution in [3.05, 3.63) is 0 Å². The fourth-order valence-electron chi connectivity index (χ4n) is 1.32. The maximum absolute atomic E-state index is 11.7. The van der Waals surface area contributed by atoms with E-state index in [9.17, 15) is 4.79 Å². The highest BCUT2D eigenvalue weighted by atomic mass is 32.2. The number of thioether (sulfide) groups is 1. The molecule has 98 valence electrons. The lowest BCUT2D eigenvalue weighted by Gasteiger charge is -2.25. The number of hydrogen-bond donors (Lipinski definition) is 0. The minimum Gasteiger partial charge on any atom is -0.333 e. The number of carbonyl (C=O) groups is 1. The topological polar surface area (TPSA) is 20.3 Å². The van der Waals surface area contributed by atoms with Crippen LogP contribution >= 0.6 is 11.8 Å². The molecule has 16 heavy (non-hydrogen) atoms. The van der Waals surface area contributed by atoms with Gasteiger partial charge in [-0.15, -0.1) is 0 Å². The predicted molar refractivity (Wildman–Crippen MR) is 77.2 cm³/mol. The molecule has 0 N–H and O–H groups in total. The second kappa shape index (κ2) is 11.3. The smallest absolute Gasteiger partial charge is 0.281 e. The summed E-state index contributed by atoms with van der Waals surface area (Å²) in [6.07, 6.45) is 0. The van der Waals surface area contributed by atoms with Gasteiger partial charge in [-0.25, -0.2) is 0 Å². The van der Waals surface area contributed by atoms with E-state index in [1.54, 1.807) is 0 Å². The first kappa shape index (κ1) is 21.1. The molecule has 0 aliphatic carbocycles. The zero-order valence-corrected chi connectivity index (χ0v) is 11.3. The molecule has 0 saturated heterocycles. The summed E-state index contributed by atoms with van der Waals surface area (Å²) in [6, 6.07) is 0. The largest absolute Gasteiger partial charge is 0.333 e. The number of halogens is 1. The zero-order chi connectivity index (χ0) is 11.1. The highest BCUT2D eigenvalue weighted by Crippen LogP contribution is 2.12. The quantitative estimate of drug-likeness (QED) is 0.699. The molecular weight excluding hydrogens is 224 g/mol. The Hall–Kier alpha value is -0.185. The van der Waals surface area contributed by atoms with Crippen molar-refractivity contribution in [1.29, 1.82) is 0 Å². The van der Waals surface area contributed by atoms with Crippen LogP contribution in [0, 0.1) is 11.8 Å². The third-order valence-electron chi connectivity index (χ3n) is 1.70. The molecule has 0 aromatic rings. The van der Waals surface area contributed by atoms with Crippen LogP contribution in [0.3, 0.4) is 0 Å². The fourth-order valence-corrected chi connectivity index (χ4v) is 1.90. The molecule has 0 aromatic carbocycles. The molecule has 0 aliphatic heterocycles. The Morgan fingerprint density at radius 2 is 1.50 bits per heavy atom. The molecular formula is C11H27BFNOS. The predicted octanol–water partition coefficient (Wildman–Crippen LogP) is 2.44. The summed E-state index contributed by atoms with van der Waals surface area (Å²) < 4.78 is 0. The van der Waals surface area contributed by atoms with Gasteiger partial charge in [-0.3, -0.25) is 9.50 Å². The Kier molecular flexibility index (Phi) is 14.9. The maximum Gasteiger partial charge on any atom is 0.281 e. The number of amides is 1. The second-order valence-electron chi connectivity index (χ2n) is 4.39. The molecule has 0 radical (unpaired) electrons. The standard InChI is InChI=1S/C11H23NOS.BH3.FH/c1-6-14-11(13)12(7-9(2)3)8-10(4)5;;/h9-10H,6-8H2,1-5H3;1H3;1H. The van der Waals surface area contributed by atoms with Crippen molar-refractivity contribution in [2.45, 2.75) is 34.6 Å². The highest BCUT2D eigenvalue weighted by Gasteiger charge is 2.15. The van der Waals surface area contributed by atoms with E-state index >= 15 is 0 Å². The van der Waals surface area contributed by atoms with Gasteiger partial charge in [0.1, 0.15) is 0 Å². The zero-order valence-electron chi connectivity index (χ0n) is 10.4. The minimum absolute atomic E-state index is 0. The van der Waals surface area contributed by atoms with Gasteiger partial charge in [-0.1, -0.05) is 46.4 Å². The van der Waals surface area contributed by atoms with Gasteiger partial charge in [-0.2, -0.15) is 0 Å². The first-order valence-corrected chi connectivity index (χ1v) is 6.37. The molecule has 0 bridgehead atoms. The Bertz CT molecular complexity index is 169. The van der Waals surface area contributed by atoms with E-state index < -0.39 is 0 Å². The Morgan fingerprint density at radius 1 is 1.12 bits per heavy atom. The van der Waals surface area contributed by atoms with Crippen LogP contribution in [-0.2, 0) is 0 Å². The number of rotatable bonds is 5. The van der Waals surface area contributed by atoms with Crippen LogP contribution in [0.15, 0.2) is 0 Å². The van der Waals surface area contributed by atoms with Gasteiger partial charge >= 0.3 is 0 Å². The van der Waals surface area contributed by atoms with Crippen molar-refractivity contribution in [3.63, 3.8) is 0 Å². The van der Waals surface area contributed by atoms with E-state index in [2.05, 4.69) is 27.7 Å². The van der Waals surface area contributed by atoms with E-state index in [1.807, 2.05) is 11.8 Å². The molecule has 0 heterocycles. The summed E-state index contributed by atoms with van der Waals surface area (Å²) in [5.41, 5.74) is 0. The normalized spacial score (nSPS) is 9.69. The highest BCUT2D eigenvalue weighted by molar-refractivity contribution is 8.13. The molecule has 0 atom stereocenters. The summed E-state index contributed by atoms with van der Waals surface area (Å²) in [5.74, 6) is 1.97. The number of nitrogens with zero attached hydrogens (tertiary/aromatic N) is 1. The maximum atomic E-state index is 11.7. The lowest BCUT2D eigenvalue weighted by Crippen LogP contribution is -2.34. The van der Waals surface area contributed by atoms with E-state index in [0.29, 0.717) is 11.8 Å². The van der Waals surface area contributed by atoms with Crippen LogP contribution in [0.25, 0.3) is 0 Å². The molecule has 0 saturated carbocycles. The molecule has 0 rings (SSSR count). The van der Waals surface area contributed by atoms with Gasteiger partial charge in [0.25, 0.3) is 5.24 Å². The number of carbonyl (C=O) groups excluding carboxylic acids is 1.